The largest absolute Gasteiger partial charge is 0.459 e. The highest BCUT2D eigenvalue weighted by Gasteiger charge is 2.16. The molecule has 0 radical (unpaired) electrons. The Hall–Kier alpha value is -3.22. The van der Waals surface area contributed by atoms with Gasteiger partial charge in [-0.05, 0) is 42.8 Å². The van der Waals surface area contributed by atoms with Gasteiger partial charge in [0.25, 0.3) is 5.91 Å². The number of aryl methyl sites for hydroxylation is 2. The Labute approximate surface area is 135 Å². The fourth-order valence-electron chi connectivity index (χ4n) is 2.63. The van der Waals surface area contributed by atoms with E-state index in [0.29, 0.717) is 33.3 Å². The van der Waals surface area contributed by atoms with Crippen LogP contribution in [0.15, 0.2) is 41.0 Å². The number of carbonyl (C=O) groups is 1. The summed E-state index contributed by atoms with van der Waals surface area (Å²) < 4.78 is 20.5. The molecule has 3 aromatic heterocycles. The van der Waals surface area contributed by atoms with Crippen LogP contribution in [-0.2, 0) is 7.05 Å². The maximum atomic E-state index is 13.8. The summed E-state index contributed by atoms with van der Waals surface area (Å²) in [6, 6.07) is 8.09. The molecule has 1 amide bonds. The van der Waals surface area contributed by atoms with Crippen LogP contribution < -0.4 is 5.32 Å². The maximum Gasteiger partial charge on any atom is 0.292 e. The fourth-order valence-corrected chi connectivity index (χ4v) is 2.63. The third-order valence-electron chi connectivity index (χ3n) is 3.86. The molecule has 0 atom stereocenters. The average Bonchev–Trinajstić information content (AvgIpc) is 3.17. The molecular formula is C17H13FN4O2. The molecule has 1 aromatic carbocycles. The summed E-state index contributed by atoms with van der Waals surface area (Å²) in [5.74, 6) is -0.169. The van der Waals surface area contributed by atoms with E-state index in [-0.39, 0.29) is 11.6 Å². The Morgan fingerprint density at radius 3 is 2.92 bits per heavy atom. The average molecular weight is 324 g/mol. The molecule has 4 aromatic rings. The number of rotatable bonds is 2. The lowest BCUT2D eigenvalue weighted by Crippen LogP contribution is -2.11. The molecule has 24 heavy (non-hydrogen) atoms. The number of amides is 1. The maximum absolute atomic E-state index is 13.8. The quantitative estimate of drug-likeness (QED) is 0.613. The zero-order valence-electron chi connectivity index (χ0n) is 13.0. The number of hydrogen-bond donors (Lipinski definition) is 1. The number of fused-ring (bicyclic) bond motifs is 2. The van der Waals surface area contributed by atoms with Gasteiger partial charge in [-0.25, -0.2) is 14.1 Å². The van der Waals surface area contributed by atoms with Crippen molar-refractivity contribution in [1.82, 2.24) is 14.8 Å². The summed E-state index contributed by atoms with van der Waals surface area (Å²) in [7, 11) is 1.74. The van der Waals surface area contributed by atoms with Gasteiger partial charge in [0, 0.05) is 12.4 Å². The van der Waals surface area contributed by atoms with Gasteiger partial charge < -0.3 is 9.73 Å². The third kappa shape index (κ3) is 2.21. The van der Waals surface area contributed by atoms with E-state index in [1.807, 2.05) is 0 Å². The molecule has 0 aliphatic carbocycles. The molecular weight excluding hydrogens is 311 g/mol. The van der Waals surface area contributed by atoms with Crippen molar-refractivity contribution in [3.8, 4) is 0 Å². The van der Waals surface area contributed by atoms with Gasteiger partial charge in [0.2, 0.25) is 0 Å². The molecule has 1 N–H and O–H groups in total. The van der Waals surface area contributed by atoms with Gasteiger partial charge in [0.1, 0.15) is 5.82 Å². The minimum atomic E-state index is -0.407. The van der Waals surface area contributed by atoms with Crippen molar-refractivity contribution in [3.05, 3.63) is 53.7 Å². The van der Waals surface area contributed by atoms with Crippen LogP contribution in [0.2, 0.25) is 0 Å². The zero-order chi connectivity index (χ0) is 16.8. The van der Waals surface area contributed by atoms with E-state index in [4.69, 9.17) is 4.42 Å². The zero-order valence-corrected chi connectivity index (χ0v) is 13.0. The predicted molar refractivity (Wildman–Crippen MR) is 87.4 cm³/mol. The van der Waals surface area contributed by atoms with Crippen LogP contribution in [0.5, 0.6) is 0 Å². The Bertz CT molecular complexity index is 1080. The van der Waals surface area contributed by atoms with Gasteiger partial charge in [0.05, 0.1) is 17.2 Å². The second kappa shape index (κ2) is 5.16. The number of benzene rings is 1. The first-order chi connectivity index (χ1) is 11.5. The summed E-state index contributed by atoms with van der Waals surface area (Å²) in [4.78, 5) is 16.7. The second-order valence-electron chi connectivity index (χ2n) is 5.56. The number of halogens is 1. The van der Waals surface area contributed by atoms with Gasteiger partial charge in [-0.2, -0.15) is 5.10 Å². The molecule has 6 nitrogen and oxygen atoms in total. The van der Waals surface area contributed by atoms with Crippen molar-refractivity contribution >= 4 is 33.7 Å². The predicted octanol–water partition coefficient (Wildman–Crippen LogP) is 3.41. The first-order valence-corrected chi connectivity index (χ1v) is 7.31. The summed E-state index contributed by atoms with van der Waals surface area (Å²) in [6.07, 6.45) is 1.42. The number of hydrogen-bond acceptors (Lipinski definition) is 4. The minimum Gasteiger partial charge on any atom is -0.459 e. The number of nitrogens with zero attached hydrogens (tertiary/aromatic N) is 3. The highest BCUT2D eigenvalue weighted by atomic mass is 19.1. The number of aromatic nitrogens is 3. The van der Waals surface area contributed by atoms with Gasteiger partial charge in [-0.15, -0.1) is 0 Å². The molecule has 0 saturated carbocycles. The van der Waals surface area contributed by atoms with Crippen LogP contribution in [0.4, 0.5) is 10.2 Å². The van der Waals surface area contributed by atoms with Crippen LogP contribution >= 0.6 is 0 Å². The van der Waals surface area contributed by atoms with E-state index in [2.05, 4.69) is 15.4 Å². The van der Waals surface area contributed by atoms with Crippen molar-refractivity contribution in [2.24, 2.45) is 7.05 Å². The monoisotopic (exact) mass is 324 g/mol. The molecule has 120 valence electrons. The number of anilines is 1. The van der Waals surface area contributed by atoms with Gasteiger partial charge in [-0.1, -0.05) is 0 Å². The number of carbonyl (C=O) groups excluding carboxylic acids is 1. The lowest BCUT2D eigenvalue weighted by Gasteiger charge is -2.03. The van der Waals surface area contributed by atoms with Gasteiger partial charge in [0.15, 0.2) is 17.2 Å². The molecule has 0 spiro atoms. The highest BCUT2D eigenvalue weighted by Crippen LogP contribution is 2.27. The standard InChI is InChI=1S/C17H13FN4O2/c1-9-6-13-10(8-12(9)18)7-11-15(21-22(2)16(11)19-13)20-17(23)14-4-3-5-24-14/h3-8H,1-2H3,(H,20,21,23). The Balaban J connectivity index is 1.86. The molecule has 3 heterocycles. The van der Waals surface area contributed by atoms with Crippen molar-refractivity contribution in [1.29, 1.82) is 0 Å². The summed E-state index contributed by atoms with van der Waals surface area (Å²) >= 11 is 0. The molecule has 7 heteroatoms. The van der Waals surface area contributed by atoms with Crippen LogP contribution in [0.25, 0.3) is 21.9 Å². The summed E-state index contributed by atoms with van der Waals surface area (Å²) in [5.41, 5.74) is 1.81. The molecule has 4 rings (SSSR count). The number of pyridine rings is 1. The Morgan fingerprint density at radius 2 is 2.17 bits per heavy atom. The Morgan fingerprint density at radius 1 is 1.33 bits per heavy atom. The van der Waals surface area contributed by atoms with Crippen LogP contribution in [-0.4, -0.2) is 20.7 Å². The molecule has 0 unspecified atom stereocenters. The van der Waals surface area contributed by atoms with Crippen LogP contribution in [0, 0.1) is 12.7 Å². The molecule has 0 fully saturated rings. The van der Waals surface area contributed by atoms with Crippen LogP contribution in [0.3, 0.4) is 0 Å². The lowest BCUT2D eigenvalue weighted by atomic mass is 10.1. The van der Waals surface area contributed by atoms with E-state index in [0.717, 1.165) is 0 Å². The van der Waals surface area contributed by atoms with E-state index in [9.17, 15) is 9.18 Å². The molecule has 0 saturated heterocycles. The minimum absolute atomic E-state index is 0.184. The van der Waals surface area contributed by atoms with Gasteiger partial charge in [-0.3, -0.25) is 4.79 Å². The highest BCUT2D eigenvalue weighted by molar-refractivity contribution is 6.07. The van der Waals surface area contributed by atoms with Crippen molar-refractivity contribution in [2.45, 2.75) is 6.92 Å². The van der Waals surface area contributed by atoms with Crippen molar-refractivity contribution in [3.63, 3.8) is 0 Å². The number of furan rings is 1. The van der Waals surface area contributed by atoms with E-state index in [1.54, 1.807) is 42.9 Å². The van der Waals surface area contributed by atoms with E-state index in [1.165, 1.54) is 12.3 Å². The van der Waals surface area contributed by atoms with Crippen molar-refractivity contribution in [2.75, 3.05) is 5.32 Å². The fraction of sp³-hybridized carbons (Fsp3) is 0.118. The van der Waals surface area contributed by atoms with E-state index < -0.39 is 5.91 Å². The van der Waals surface area contributed by atoms with Crippen molar-refractivity contribution < 1.29 is 13.6 Å². The third-order valence-corrected chi connectivity index (χ3v) is 3.86. The first-order valence-electron chi connectivity index (χ1n) is 7.31. The topological polar surface area (TPSA) is 73.0 Å². The lowest BCUT2D eigenvalue weighted by molar-refractivity contribution is 0.0996. The SMILES string of the molecule is Cc1cc2nc3c(cc2cc1F)c(NC(=O)c1ccco1)nn3C. The van der Waals surface area contributed by atoms with Crippen LogP contribution in [0.1, 0.15) is 16.1 Å². The first kappa shape index (κ1) is 14.4. The normalized spacial score (nSPS) is 11.3. The molecule has 0 bridgehead atoms. The molecule has 0 aliphatic rings. The van der Waals surface area contributed by atoms with E-state index >= 15 is 0 Å². The Kier molecular flexibility index (Phi) is 3.09. The smallest absolute Gasteiger partial charge is 0.292 e. The van der Waals surface area contributed by atoms with Gasteiger partial charge >= 0.3 is 0 Å². The summed E-state index contributed by atoms with van der Waals surface area (Å²) in [5, 5.41) is 8.27. The number of nitrogens with one attached hydrogen (secondary N) is 1. The molecule has 0 aliphatic heterocycles. The second-order valence-corrected chi connectivity index (χ2v) is 5.56. The summed E-state index contributed by atoms with van der Waals surface area (Å²) in [6.45, 7) is 1.69.